The number of hydrogen-bond acceptors (Lipinski definition) is 2. The highest BCUT2D eigenvalue weighted by molar-refractivity contribution is 5.90. The molecule has 0 radical (unpaired) electrons. The summed E-state index contributed by atoms with van der Waals surface area (Å²) in [5, 5.41) is 3.80. The highest BCUT2D eigenvalue weighted by Gasteiger charge is 2.06. The topological polar surface area (TPSA) is 70.9 Å². The lowest BCUT2D eigenvalue weighted by molar-refractivity contribution is -0.116. The van der Waals surface area contributed by atoms with Crippen molar-refractivity contribution < 1.29 is 9.59 Å². The quantitative estimate of drug-likeness (QED) is 0.813. The smallest absolute Gasteiger partial charge is 0.326 e. The predicted octanol–water partition coefficient (Wildman–Crippen LogP) is 0.798. The Labute approximate surface area is 91.9 Å². The van der Waals surface area contributed by atoms with Gasteiger partial charge in [0.05, 0.1) is 10.7 Å². The number of rotatable bonds is 3. The molecule has 1 aliphatic rings. The molecule has 2 rings (SSSR count). The summed E-state index contributed by atoms with van der Waals surface area (Å²) in [4.78, 5) is 29.7. The van der Waals surface area contributed by atoms with Gasteiger partial charge in [-0.15, -0.1) is 0 Å². The molecule has 5 nitrogen and oxygen atoms in total. The van der Waals surface area contributed by atoms with Gasteiger partial charge < -0.3 is 5.32 Å². The van der Waals surface area contributed by atoms with Gasteiger partial charge in [0, 0.05) is 12.1 Å². The molecule has 1 aromatic carbocycles. The lowest BCUT2D eigenvalue weighted by Crippen LogP contribution is -2.22. The molecule has 1 heterocycles. The van der Waals surface area contributed by atoms with Crippen LogP contribution in [0.25, 0.3) is 0 Å². The first-order valence-electron chi connectivity index (χ1n) is 5.10. The number of fused-ring (bicyclic) bond motifs is 1. The molecule has 82 valence electrons. The van der Waals surface area contributed by atoms with Crippen LogP contribution in [0.1, 0.15) is 19.8 Å². The van der Waals surface area contributed by atoms with Gasteiger partial charge in [-0.3, -0.25) is 4.79 Å². The van der Waals surface area contributed by atoms with Gasteiger partial charge in [0.25, 0.3) is 0 Å². The van der Waals surface area contributed by atoms with Crippen molar-refractivity contribution in [3.63, 3.8) is 0 Å². The summed E-state index contributed by atoms with van der Waals surface area (Å²) < 4.78 is 0. The fraction of sp³-hybridized carbons (Fsp3) is 0.273. The highest BCUT2D eigenvalue weighted by atomic mass is 16.2. The molecule has 0 aliphatic carbocycles. The number of amides is 3. The number of hydrogen-bond donors (Lipinski definition) is 1. The number of benzene rings is 1. The van der Waals surface area contributed by atoms with Crippen LogP contribution in [0.2, 0.25) is 0 Å². The van der Waals surface area contributed by atoms with Gasteiger partial charge in [-0.05, 0) is 24.6 Å². The minimum atomic E-state index is -0.493. The number of nitrogens with one attached hydrogen (secondary N) is 1. The molecule has 0 spiro atoms. The fourth-order valence-corrected chi connectivity index (χ4v) is 1.47. The average molecular weight is 217 g/mol. The van der Waals surface area contributed by atoms with E-state index in [1.807, 2.05) is 6.92 Å². The van der Waals surface area contributed by atoms with Crippen LogP contribution in [0.5, 0.6) is 0 Å². The molecule has 0 aromatic heterocycles. The zero-order valence-corrected chi connectivity index (χ0v) is 8.86. The summed E-state index contributed by atoms with van der Waals surface area (Å²) in [5.41, 5.74) is 0.644. The number of carbonyl (C=O) groups excluding carboxylic acids is 2. The van der Waals surface area contributed by atoms with E-state index < -0.39 is 6.03 Å². The van der Waals surface area contributed by atoms with E-state index >= 15 is 0 Å². The van der Waals surface area contributed by atoms with Crippen LogP contribution >= 0.6 is 0 Å². The van der Waals surface area contributed by atoms with Crippen molar-refractivity contribution in [1.29, 1.82) is 0 Å². The van der Waals surface area contributed by atoms with E-state index in [4.69, 9.17) is 0 Å². The molecular weight excluding hydrogens is 206 g/mol. The van der Waals surface area contributed by atoms with E-state index in [1.54, 1.807) is 18.2 Å². The van der Waals surface area contributed by atoms with Crippen molar-refractivity contribution in [3.05, 3.63) is 28.9 Å². The maximum Gasteiger partial charge on any atom is 0.368 e. The van der Waals surface area contributed by atoms with Crippen LogP contribution in [0.4, 0.5) is 10.5 Å². The van der Waals surface area contributed by atoms with Crippen molar-refractivity contribution in [1.82, 2.24) is 0 Å². The molecule has 0 bridgehead atoms. The Kier molecular flexibility index (Phi) is 2.76. The van der Waals surface area contributed by atoms with Gasteiger partial charge in [-0.2, -0.15) is 9.98 Å². The molecule has 3 amide bonds. The second kappa shape index (κ2) is 4.22. The third-order valence-corrected chi connectivity index (χ3v) is 2.17. The third kappa shape index (κ3) is 2.13. The largest absolute Gasteiger partial charge is 0.368 e. The maximum atomic E-state index is 11.3. The second-order valence-corrected chi connectivity index (χ2v) is 3.51. The minimum absolute atomic E-state index is 0.0382. The molecule has 0 saturated heterocycles. The van der Waals surface area contributed by atoms with Crippen molar-refractivity contribution >= 4 is 17.6 Å². The number of nitrogens with zero attached hydrogens (tertiary/aromatic N) is 2. The molecule has 1 N–H and O–H groups in total. The summed E-state index contributed by atoms with van der Waals surface area (Å²) in [6.07, 6.45) is 1.28. The lowest BCUT2D eigenvalue weighted by Gasteiger charge is -2.02. The highest BCUT2D eigenvalue weighted by Crippen LogP contribution is 2.02. The van der Waals surface area contributed by atoms with E-state index in [0.29, 0.717) is 22.8 Å². The van der Waals surface area contributed by atoms with Crippen molar-refractivity contribution in [3.8, 4) is 0 Å². The molecule has 5 heteroatoms. The van der Waals surface area contributed by atoms with Crippen LogP contribution in [-0.2, 0) is 4.79 Å². The first-order chi connectivity index (χ1) is 7.69. The van der Waals surface area contributed by atoms with Gasteiger partial charge in [0.15, 0.2) is 0 Å². The second-order valence-electron chi connectivity index (χ2n) is 3.51. The van der Waals surface area contributed by atoms with Crippen LogP contribution < -0.4 is 16.0 Å². The van der Waals surface area contributed by atoms with Crippen LogP contribution in [0.3, 0.4) is 0 Å². The molecule has 0 atom stereocenters. The standard InChI is InChI=1S/C11H11N3O2/c1-2-3-10(15)12-7-4-5-8-9(6-7)14-11(16)13-8/h4-6H,2-3H2,1H3,(H,12,15). The van der Waals surface area contributed by atoms with E-state index in [2.05, 4.69) is 15.3 Å². The number of carbonyl (C=O) groups is 2. The third-order valence-electron chi connectivity index (χ3n) is 2.17. The van der Waals surface area contributed by atoms with E-state index in [-0.39, 0.29) is 5.91 Å². The van der Waals surface area contributed by atoms with Crippen molar-refractivity contribution in [2.75, 3.05) is 5.32 Å². The van der Waals surface area contributed by atoms with Gasteiger partial charge in [0.1, 0.15) is 0 Å². The Hall–Kier alpha value is -2.04. The van der Waals surface area contributed by atoms with Gasteiger partial charge in [0.2, 0.25) is 5.91 Å². The molecule has 1 aromatic rings. The molecule has 0 unspecified atom stereocenters. The molecule has 0 saturated carbocycles. The van der Waals surface area contributed by atoms with Gasteiger partial charge >= 0.3 is 6.03 Å². The van der Waals surface area contributed by atoms with Crippen molar-refractivity contribution in [2.45, 2.75) is 19.8 Å². The molecule has 0 fully saturated rings. The Balaban J connectivity index is 2.24. The number of anilines is 1. The van der Waals surface area contributed by atoms with Crippen LogP contribution in [0.15, 0.2) is 28.2 Å². The Morgan fingerprint density at radius 3 is 2.81 bits per heavy atom. The first kappa shape index (κ1) is 10.5. The Morgan fingerprint density at radius 1 is 1.31 bits per heavy atom. The molecule has 16 heavy (non-hydrogen) atoms. The average Bonchev–Trinajstić information content (AvgIpc) is 2.57. The maximum absolute atomic E-state index is 11.3. The van der Waals surface area contributed by atoms with Crippen LogP contribution in [-0.4, -0.2) is 11.9 Å². The van der Waals surface area contributed by atoms with Gasteiger partial charge in [-0.1, -0.05) is 6.92 Å². The Morgan fingerprint density at radius 2 is 2.06 bits per heavy atom. The van der Waals surface area contributed by atoms with Crippen LogP contribution in [0, 0.1) is 0 Å². The Bertz CT molecular complexity index is 563. The number of urea groups is 1. The first-order valence-corrected chi connectivity index (χ1v) is 5.10. The monoisotopic (exact) mass is 217 g/mol. The summed E-state index contributed by atoms with van der Waals surface area (Å²) in [7, 11) is 0. The molecule has 1 aliphatic heterocycles. The zero-order chi connectivity index (χ0) is 11.5. The lowest BCUT2D eigenvalue weighted by atomic mass is 10.2. The van der Waals surface area contributed by atoms with Crippen molar-refractivity contribution in [2.24, 2.45) is 9.98 Å². The summed E-state index contributed by atoms with van der Waals surface area (Å²) >= 11 is 0. The zero-order valence-electron chi connectivity index (χ0n) is 8.86. The van der Waals surface area contributed by atoms with E-state index in [1.165, 1.54) is 0 Å². The predicted molar refractivity (Wildman–Crippen MR) is 57.7 cm³/mol. The van der Waals surface area contributed by atoms with E-state index in [9.17, 15) is 9.59 Å². The van der Waals surface area contributed by atoms with Gasteiger partial charge in [-0.25, -0.2) is 4.79 Å². The normalized spacial score (nSPS) is 12.7. The fourth-order valence-electron chi connectivity index (χ4n) is 1.47. The summed E-state index contributed by atoms with van der Waals surface area (Å²) in [6.45, 7) is 1.94. The molecular formula is C11H11N3O2. The summed E-state index contributed by atoms with van der Waals surface area (Å²) in [6, 6.07) is 4.54. The van der Waals surface area contributed by atoms with E-state index in [0.717, 1.165) is 6.42 Å². The SMILES string of the molecule is CCCC(=O)Nc1ccc2c(c1)=NC(=O)N=2. The minimum Gasteiger partial charge on any atom is -0.326 e. The summed E-state index contributed by atoms with van der Waals surface area (Å²) in [5.74, 6) is -0.0382.